The number of fused-ring (bicyclic) bond motifs is 11. The molecule has 0 saturated heterocycles. The highest BCUT2D eigenvalue weighted by molar-refractivity contribution is 6.18. The van der Waals surface area contributed by atoms with Crippen LogP contribution in [0, 0.1) is 13.8 Å². The van der Waals surface area contributed by atoms with Crippen LogP contribution in [0.2, 0.25) is 0 Å². The van der Waals surface area contributed by atoms with E-state index in [9.17, 15) is 0 Å². The highest BCUT2D eigenvalue weighted by Gasteiger charge is 2.48. The second-order valence-electron chi connectivity index (χ2n) is 25.1. The van der Waals surface area contributed by atoms with Crippen molar-refractivity contribution in [2.75, 3.05) is 9.80 Å². The molecule has 0 saturated carbocycles. The van der Waals surface area contributed by atoms with E-state index in [2.05, 4.69) is 363 Å². The SMILES string of the molecule is Cc1ccccc1-c1cccc2c1oc1c(N(c3cccc(-c4ccccc4)c3)c3ccc4c(c3)C(c3ccccc3)(c3ccccc3)c3cc(N(c5cccc(-c6ccccc6)c5)c5cccc6c5oc5c(-c7ccccc7C)cccc56)c5ccccc5c3-4)cccc12. The molecule has 448 valence electrons. The zero-order chi connectivity index (χ0) is 63.1. The molecule has 0 unspecified atom stereocenters. The number of benzene rings is 15. The van der Waals surface area contributed by atoms with E-state index < -0.39 is 5.41 Å². The van der Waals surface area contributed by atoms with Crippen molar-refractivity contribution in [2.24, 2.45) is 0 Å². The van der Waals surface area contributed by atoms with Crippen molar-refractivity contribution in [3.05, 3.63) is 373 Å². The zero-order valence-electron chi connectivity index (χ0n) is 52.5. The van der Waals surface area contributed by atoms with Crippen LogP contribution in [0.25, 0.3) is 110 Å². The second-order valence-corrected chi connectivity index (χ2v) is 25.1. The number of nitrogens with zero attached hydrogens (tertiary/aromatic N) is 2. The molecule has 0 fully saturated rings. The van der Waals surface area contributed by atoms with Crippen LogP contribution in [-0.4, -0.2) is 0 Å². The van der Waals surface area contributed by atoms with Gasteiger partial charge in [0.05, 0.1) is 22.5 Å². The summed E-state index contributed by atoms with van der Waals surface area (Å²) in [6.07, 6.45) is 0. The summed E-state index contributed by atoms with van der Waals surface area (Å²) in [5, 5.41) is 6.50. The molecule has 1 aliphatic rings. The number of furan rings is 2. The summed E-state index contributed by atoms with van der Waals surface area (Å²) in [7, 11) is 0. The van der Waals surface area contributed by atoms with Crippen LogP contribution < -0.4 is 9.80 Å². The van der Waals surface area contributed by atoms with Gasteiger partial charge in [-0.25, -0.2) is 0 Å². The van der Waals surface area contributed by atoms with Crippen molar-refractivity contribution in [2.45, 2.75) is 19.3 Å². The molecule has 18 rings (SSSR count). The van der Waals surface area contributed by atoms with Gasteiger partial charge in [-0.05, 0) is 152 Å². The molecule has 2 aromatic heterocycles. The summed E-state index contributed by atoms with van der Waals surface area (Å²) in [5.41, 5.74) is 26.8. The van der Waals surface area contributed by atoms with Gasteiger partial charge in [0.1, 0.15) is 11.2 Å². The van der Waals surface area contributed by atoms with Crippen LogP contribution in [-0.2, 0) is 5.41 Å². The van der Waals surface area contributed by atoms with Gasteiger partial charge in [-0.3, -0.25) is 0 Å². The molecule has 0 bridgehead atoms. The van der Waals surface area contributed by atoms with Gasteiger partial charge >= 0.3 is 0 Å². The van der Waals surface area contributed by atoms with Crippen molar-refractivity contribution in [1.82, 2.24) is 0 Å². The van der Waals surface area contributed by atoms with E-state index in [1.54, 1.807) is 0 Å². The molecule has 0 N–H and O–H groups in total. The zero-order valence-corrected chi connectivity index (χ0v) is 52.5. The molecule has 17 aromatic rings. The van der Waals surface area contributed by atoms with Crippen LogP contribution in [0.1, 0.15) is 33.4 Å². The predicted octanol–water partition coefficient (Wildman–Crippen LogP) is 25.2. The first-order chi connectivity index (χ1) is 47.0. The summed E-state index contributed by atoms with van der Waals surface area (Å²) in [6, 6.07) is 124. The Labute approximate surface area is 552 Å². The summed E-state index contributed by atoms with van der Waals surface area (Å²) in [5.74, 6) is 0. The third-order valence-electron chi connectivity index (χ3n) is 19.8. The normalized spacial score (nSPS) is 12.4. The number of rotatable bonds is 12. The smallest absolute Gasteiger partial charge is 0.159 e. The molecule has 15 aromatic carbocycles. The Morgan fingerprint density at radius 1 is 0.242 bits per heavy atom. The molecule has 4 heteroatoms. The second kappa shape index (κ2) is 22.6. The average Bonchev–Trinajstić information content (AvgIpc) is 1.54. The fourth-order valence-electron chi connectivity index (χ4n) is 15.5. The number of para-hydroxylation sites is 4. The van der Waals surface area contributed by atoms with Crippen molar-refractivity contribution in [3.63, 3.8) is 0 Å². The molecular weight excluding hydrogens is 1150 g/mol. The van der Waals surface area contributed by atoms with E-state index in [1.165, 1.54) is 33.4 Å². The predicted molar refractivity (Wildman–Crippen MR) is 396 cm³/mol. The van der Waals surface area contributed by atoms with Crippen LogP contribution in [0.15, 0.2) is 349 Å². The molecule has 0 spiro atoms. The summed E-state index contributed by atoms with van der Waals surface area (Å²) in [4.78, 5) is 4.90. The largest absolute Gasteiger partial charge is 0.453 e. The average molecular weight is 1220 g/mol. The van der Waals surface area contributed by atoms with Gasteiger partial charge < -0.3 is 18.6 Å². The lowest BCUT2D eigenvalue weighted by Crippen LogP contribution is -2.29. The van der Waals surface area contributed by atoms with Crippen LogP contribution in [0.3, 0.4) is 0 Å². The van der Waals surface area contributed by atoms with Gasteiger partial charge in [0.25, 0.3) is 0 Å². The van der Waals surface area contributed by atoms with E-state index in [0.717, 1.165) is 144 Å². The van der Waals surface area contributed by atoms with E-state index in [-0.39, 0.29) is 0 Å². The monoisotopic (exact) mass is 1210 g/mol. The molecule has 0 atom stereocenters. The van der Waals surface area contributed by atoms with Gasteiger partial charge in [0.2, 0.25) is 0 Å². The van der Waals surface area contributed by atoms with Gasteiger partial charge in [-0.1, -0.05) is 285 Å². The Balaban J connectivity index is 0.922. The fraction of sp³-hybridized carbons (Fsp3) is 0.0330. The third-order valence-corrected chi connectivity index (χ3v) is 19.8. The number of hydrogen-bond acceptors (Lipinski definition) is 4. The van der Waals surface area contributed by atoms with Crippen LogP contribution >= 0.6 is 0 Å². The van der Waals surface area contributed by atoms with Crippen LogP contribution in [0.4, 0.5) is 34.1 Å². The lowest BCUT2D eigenvalue weighted by atomic mass is 9.67. The lowest BCUT2D eigenvalue weighted by Gasteiger charge is -2.36. The molecule has 95 heavy (non-hydrogen) atoms. The summed E-state index contributed by atoms with van der Waals surface area (Å²) >= 11 is 0. The summed E-state index contributed by atoms with van der Waals surface area (Å²) in [6.45, 7) is 4.36. The Morgan fingerprint density at radius 2 is 0.632 bits per heavy atom. The van der Waals surface area contributed by atoms with E-state index in [1.807, 2.05) is 0 Å². The Kier molecular flexibility index (Phi) is 13.2. The molecule has 0 radical (unpaired) electrons. The summed E-state index contributed by atoms with van der Waals surface area (Å²) < 4.78 is 14.9. The van der Waals surface area contributed by atoms with Crippen LogP contribution in [0.5, 0.6) is 0 Å². The van der Waals surface area contributed by atoms with Crippen molar-refractivity contribution >= 4 is 88.8 Å². The fourth-order valence-corrected chi connectivity index (χ4v) is 15.5. The quantitative estimate of drug-likeness (QED) is 0.122. The maximum atomic E-state index is 7.46. The topological polar surface area (TPSA) is 32.8 Å². The van der Waals surface area contributed by atoms with Gasteiger partial charge in [-0.15, -0.1) is 0 Å². The molecule has 4 nitrogen and oxygen atoms in total. The molecule has 0 aliphatic heterocycles. The first-order valence-electron chi connectivity index (χ1n) is 32.7. The van der Waals surface area contributed by atoms with Crippen molar-refractivity contribution in [1.29, 1.82) is 0 Å². The highest BCUT2D eigenvalue weighted by Crippen LogP contribution is 2.62. The standard InChI is InChI=1S/C91H62N2O2/c1-59-27-15-17-41-70(59)74-45-23-47-76-78-49-25-51-83(89(78)94-87(74)76)92(67-39-21-33-63(55-67)61-29-7-3-8-30-61)69-53-54-80-81(57-69)91(65-35-11-5-12-36-65,66-37-13-6-14-38-66)82-58-85(72-43-19-20-44-73(72)86(80)82)93(68-40-22-34-64(56-68)62-31-9-4-10-32-62)84-52-26-50-79-77-48-24-46-75(88(77)95-90(79)84)71-42-18-16-28-60(71)2/h3-58H,1-2H3. The number of anilines is 6. The van der Waals surface area contributed by atoms with Gasteiger partial charge in [0, 0.05) is 55.1 Å². The number of aryl methyl sites for hydroxylation is 2. The molecule has 1 aliphatic carbocycles. The third kappa shape index (κ3) is 8.90. The number of hydrogen-bond donors (Lipinski definition) is 0. The minimum atomic E-state index is -0.862. The first-order valence-corrected chi connectivity index (χ1v) is 32.7. The van der Waals surface area contributed by atoms with Gasteiger partial charge in [-0.2, -0.15) is 0 Å². The minimum Gasteiger partial charge on any atom is -0.453 e. The van der Waals surface area contributed by atoms with E-state index in [4.69, 9.17) is 8.83 Å². The van der Waals surface area contributed by atoms with E-state index >= 15 is 0 Å². The van der Waals surface area contributed by atoms with Crippen molar-refractivity contribution in [3.8, 4) is 55.6 Å². The van der Waals surface area contributed by atoms with Crippen molar-refractivity contribution < 1.29 is 8.83 Å². The Hall–Kier alpha value is -12.2. The lowest BCUT2D eigenvalue weighted by molar-refractivity contribution is 0.670. The molecular formula is C91H62N2O2. The molecule has 0 amide bonds. The highest BCUT2D eigenvalue weighted by atomic mass is 16.3. The van der Waals surface area contributed by atoms with E-state index in [0.29, 0.717) is 0 Å². The van der Waals surface area contributed by atoms with Gasteiger partial charge in [0.15, 0.2) is 11.2 Å². The maximum Gasteiger partial charge on any atom is 0.159 e. The Morgan fingerprint density at radius 3 is 1.16 bits per heavy atom. The minimum absolute atomic E-state index is 0.811. The Bertz CT molecular complexity index is 5790. The first kappa shape index (κ1) is 55.6. The maximum absolute atomic E-state index is 7.46. The molecule has 2 heterocycles.